The van der Waals surface area contributed by atoms with E-state index in [2.05, 4.69) is 0 Å². The molecule has 134 valence electrons. The van der Waals surface area contributed by atoms with Gasteiger partial charge in [-0.3, -0.25) is 19.8 Å². The maximum absolute atomic E-state index is 12.5. The summed E-state index contributed by atoms with van der Waals surface area (Å²) < 4.78 is 0. The summed E-state index contributed by atoms with van der Waals surface area (Å²) in [4.78, 5) is 35.1. The number of rotatable bonds is 4. The predicted molar refractivity (Wildman–Crippen MR) is 94.6 cm³/mol. The summed E-state index contributed by atoms with van der Waals surface area (Å²) in [5.41, 5.74) is 5.35. The Bertz CT molecular complexity index is 785. The average Bonchev–Trinajstić information content (AvgIpc) is 2.54. The van der Waals surface area contributed by atoms with Crippen LogP contribution in [0.1, 0.15) is 5.56 Å². The van der Waals surface area contributed by atoms with Crippen LogP contribution in [0.4, 0.5) is 5.69 Å². The number of benzene rings is 1. The summed E-state index contributed by atoms with van der Waals surface area (Å²) >= 11 is 7.22. The molecule has 0 bridgehead atoms. The Hall–Kier alpha value is -1.81. The number of β-lactam (4-membered cyclic amide) rings is 1. The van der Waals surface area contributed by atoms with Gasteiger partial charge in [0.15, 0.2) is 0 Å². The number of carboxylic acid groups (broad SMARTS) is 1. The van der Waals surface area contributed by atoms with Crippen LogP contribution >= 0.6 is 35.8 Å². The van der Waals surface area contributed by atoms with Crippen molar-refractivity contribution in [2.75, 3.05) is 5.75 Å². The molecule has 0 spiro atoms. The molecular weight excluding hydrogens is 393 g/mol. The molecule has 11 heteroatoms. The van der Waals surface area contributed by atoms with Gasteiger partial charge in [0.25, 0.3) is 11.6 Å². The zero-order valence-corrected chi connectivity index (χ0v) is 14.9. The zero-order chi connectivity index (χ0) is 17.6. The number of thioether (sulfide) groups is 1. The minimum atomic E-state index is -1.27. The lowest BCUT2D eigenvalue weighted by molar-refractivity contribution is -0.384. The van der Waals surface area contributed by atoms with Crippen LogP contribution in [0.25, 0.3) is 0 Å². The number of nitro benzene ring substituents is 1. The summed E-state index contributed by atoms with van der Waals surface area (Å²) in [5.74, 6) is -1.53. The van der Waals surface area contributed by atoms with Crippen molar-refractivity contribution in [2.45, 2.75) is 17.3 Å². The fourth-order valence-corrected chi connectivity index (χ4v) is 4.48. The van der Waals surface area contributed by atoms with E-state index in [-0.39, 0.29) is 41.0 Å². The summed E-state index contributed by atoms with van der Waals surface area (Å²) in [7, 11) is 0. The number of aliphatic carboxylic acids is 1. The summed E-state index contributed by atoms with van der Waals surface area (Å²) in [5, 5.41) is 19.5. The molecule has 1 amide bonds. The zero-order valence-electron chi connectivity index (χ0n) is 12.5. The molecular formula is C14H13Cl2N3O5S. The van der Waals surface area contributed by atoms with Crippen LogP contribution < -0.4 is 5.73 Å². The largest absolute Gasteiger partial charge is 0.477 e. The monoisotopic (exact) mass is 405 g/mol. The maximum Gasteiger partial charge on any atom is 0.353 e. The van der Waals surface area contributed by atoms with Gasteiger partial charge in [0.05, 0.1) is 9.96 Å². The maximum atomic E-state index is 12.5. The van der Waals surface area contributed by atoms with E-state index in [4.69, 9.17) is 17.3 Å². The number of fused-ring (bicyclic) bond motifs is 1. The Labute approximate surface area is 157 Å². The number of non-ortho nitro benzene ring substituents is 1. The number of hydrogen-bond acceptors (Lipinski definition) is 6. The van der Waals surface area contributed by atoms with E-state index in [1.165, 1.54) is 36.0 Å². The van der Waals surface area contributed by atoms with Crippen LogP contribution in [-0.4, -0.2) is 43.5 Å². The van der Waals surface area contributed by atoms with Crippen LogP contribution in [0.3, 0.4) is 0 Å². The van der Waals surface area contributed by atoms with Crippen molar-refractivity contribution in [3.63, 3.8) is 0 Å². The molecule has 1 aromatic carbocycles. The van der Waals surface area contributed by atoms with Gasteiger partial charge >= 0.3 is 5.97 Å². The van der Waals surface area contributed by atoms with E-state index < -0.39 is 27.7 Å². The highest BCUT2D eigenvalue weighted by molar-refractivity contribution is 8.00. The molecule has 1 aromatic rings. The lowest BCUT2D eigenvalue weighted by Crippen LogP contribution is -2.78. The number of nitrogens with two attached hydrogens (primary N) is 1. The molecule has 8 nitrogen and oxygen atoms in total. The lowest BCUT2D eigenvalue weighted by Gasteiger charge is -2.55. The molecule has 2 heterocycles. The average molecular weight is 406 g/mol. The van der Waals surface area contributed by atoms with Gasteiger partial charge in [-0.05, 0) is 5.56 Å². The third-order valence-electron chi connectivity index (χ3n) is 4.00. The number of halogens is 2. The molecule has 2 aliphatic heterocycles. The molecule has 0 radical (unpaired) electrons. The normalized spacial score (nSPS) is 25.0. The van der Waals surface area contributed by atoms with Crippen LogP contribution in [0.15, 0.2) is 35.0 Å². The first-order chi connectivity index (χ1) is 11.3. The number of nitro groups is 1. The molecule has 0 aromatic heterocycles. The van der Waals surface area contributed by atoms with E-state index in [1.54, 1.807) is 0 Å². The minimum absolute atomic E-state index is 0. The highest BCUT2D eigenvalue weighted by atomic mass is 35.5. The number of carboxylic acids is 1. The van der Waals surface area contributed by atoms with Crippen molar-refractivity contribution >= 4 is 53.3 Å². The van der Waals surface area contributed by atoms with Crippen LogP contribution in [0, 0.1) is 10.1 Å². The highest BCUT2D eigenvalue weighted by Crippen LogP contribution is 2.46. The molecule has 2 atom stereocenters. The fourth-order valence-electron chi connectivity index (χ4n) is 2.85. The van der Waals surface area contributed by atoms with Crippen LogP contribution in [0.2, 0.25) is 0 Å². The molecule has 1 unspecified atom stereocenters. The second-order valence-corrected chi connectivity index (χ2v) is 7.06. The van der Waals surface area contributed by atoms with Crippen molar-refractivity contribution in [2.24, 2.45) is 5.73 Å². The lowest BCUT2D eigenvalue weighted by atomic mass is 9.82. The summed E-state index contributed by atoms with van der Waals surface area (Å²) in [6.07, 6.45) is 0.155. The minimum Gasteiger partial charge on any atom is -0.477 e. The Kier molecular flexibility index (Phi) is 5.33. The first kappa shape index (κ1) is 19.5. The first-order valence-corrected chi connectivity index (χ1v) is 8.28. The van der Waals surface area contributed by atoms with E-state index in [0.717, 1.165) is 4.90 Å². The van der Waals surface area contributed by atoms with Gasteiger partial charge in [-0.25, -0.2) is 4.79 Å². The molecule has 3 N–H and O–H groups in total. The molecule has 3 rings (SSSR count). The molecule has 25 heavy (non-hydrogen) atoms. The van der Waals surface area contributed by atoms with E-state index in [0.29, 0.717) is 5.56 Å². The summed E-state index contributed by atoms with van der Waals surface area (Å²) in [6.45, 7) is 0. The van der Waals surface area contributed by atoms with Crippen molar-refractivity contribution in [3.05, 3.63) is 50.7 Å². The van der Waals surface area contributed by atoms with Crippen molar-refractivity contribution in [3.8, 4) is 0 Å². The second kappa shape index (κ2) is 6.83. The molecule has 1 saturated heterocycles. The third-order valence-corrected chi connectivity index (χ3v) is 5.88. The van der Waals surface area contributed by atoms with Crippen molar-refractivity contribution in [1.82, 2.24) is 4.90 Å². The van der Waals surface area contributed by atoms with Gasteiger partial charge < -0.3 is 10.8 Å². The molecule has 0 saturated carbocycles. The standard InChI is InChI=1S/C14H12ClN3O5S.ClH/c15-9-6-24-13-14(16,12(21)17(13)10(9)11(19)20)5-7-1-3-8(4-2-7)18(22)23;/h1-4,13H,5-6,16H2,(H,19,20);1H/t13-,14?;/m0./s1. The Balaban J connectivity index is 0.00000225. The van der Waals surface area contributed by atoms with Gasteiger partial charge in [0.1, 0.15) is 16.6 Å². The topological polar surface area (TPSA) is 127 Å². The van der Waals surface area contributed by atoms with Crippen molar-refractivity contribution in [1.29, 1.82) is 0 Å². The van der Waals surface area contributed by atoms with Crippen molar-refractivity contribution < 1.29 is 19.6 Å². The molecule has 1 fully saturated rings. The third kappa shape index (κ3) is 3.08. The molecule has 0 aliphatic carbocycles. The number of carbonyl (C=O) groups excluding carboxylic acids is 1. The van der Waals surface area contributed by atoms with Crippen LogP contribution in [-0.2, 0) is 16.0 Å². The fraction of sp³-hybridized carbons (Fsp3) is 0.286. The highest BCUT2D eigenvalue weighted by Gasteiger charge is 2.62. The van der Waals surface area contributed by atoms with Gasteiger partial charge in [-0.1, -0.05) is 23.7 Å². The van der Waals surface area contributed by atoms with E-state index in [9.17, 15) is 24.8 Å². The number of hydrogen-bond donors (Lipinski definition) is 2. The smallest absolute Gasteiger partial charge is 0.353 e. The van der Waals surface area contributed by atoms with E-state index >= 15 is 0 Å². The predicted octanol–water partition coefficient (Wildman–Crippen LogP) is 1.71. The number of amides is 1. The van der Waals surface area contributed by atoms with Gasteiger partial charge in [-0.15, -0.1) is 24.2 Å². The first-order valence-electron chi connectivity index (χ1n) is 6.85. The van der Waals surface area contributed by atoms with Crippen LogP contribution in [0.5, 0.6) is 0 Å². The van der Waals surface area contributed by atoms with E-state index in [1.807, 2.05) is 0 Å². The number of carbonyl (C=O) groups is 2. The Morgan fingerprint density at radius 1 is 1.48 bits per heavy atom. The SMILES string of the molecule is Cl.NC1(Cc2ccc([N+](=O)[O-])cc2)C(=O)N2C(C(=O)O)=C(Cl)CS[C@H]21. The second-order valence-electron chi connectivity index (χ2n) is 5.54. The number of nitrogens with zero attached hydrogens (tertiary/aromatic N) is 2. The molecule has 2 aliphatic rings. The van der Waals surface area contributed by atoms with Gasteiger partial charge in [0, 0.05) is 24.3 Å². The Morgan fingerprint density at radius 3 is 2.60 bits per heavy atom. The quantitative estimate of drug-likeness (QED) is 0.443. The summed E-state index contributed by atoms with van der Waals surface area (Å²) in [6, 6.07) is 5.76. The van der Waals surface area contributed by atoms with Gasteiger partial charge in [-0.2, -0.15) is 0 Å². The Morgan fingerprint density at radius 2 is 2.08 bits per heavy atom. The van der Waals surface area contributed by atoms with Gasteiger partial charge in [0.2, 0.25) is 0 Å².